The summed E-state index contributed by atoms with van der Waals surface area (Å²) in [5, 5.41) is 5.92. The number of amides is 4. The van der Waals surface area contributed by atoms with Gasteiger partial charge in [0.2, 0.25) is 5.91 Å². The quantitative estimate of drug-likeness (QED) is 0.727. The van der Waals surface area contributed by atoms with E-state index in [1.165, 1.54) is 4.90 Å². The molecule has 0 radical (unpaired) electrons. The van der Waals surface area contributed by atoms with Crippen molar-refractivity contribution in [2.45, 2.75) is 45.2 Å². The van der Waals surface area contributed by atoms with Gasteiger partial charge in [-0.1, -0.05) is 0 Å². The van der Waals surface area contributed by atoms with E-state index in [0.717, 1.165) is 19.6 Å². The van der Waals surface area contributed by atoms with Gasteiger partial charge in [0.25, 0.3) is 5.91 Å². The minimum atomic E-state index is -0.838. The number of hydrogen-bond donors (Lipinski definition) is 2. The van der Waals surface area contributed by atoms with Crippen LogP contribution in [0.2, 0.25) is 0 Å². The summed E-state index contributed by atoms with van der Waals surface area (Å²) in [6, 6.07) is -0.0531. The maximum Gasteiger partial charge on any atom is 0.325 e. The van der Waals surface area contributed by atoms with E-state index in [-0.39, 0.29) is 30.3 Å². The van der Waals surface area contributed by atoms with Crippen LogP contribution in [0.5, 0.6) is 0 Å². The van der Waals surface area contributed by atoms with Gasteiger partial charge in [0.15, 0.2) is 0 Å². The molecule has 0 saturated carbocycles. The Morgan fingerprint density at radius 1 is 1.36 bits per heavy atom. The van der Waals surface area contributed by atoms with E-state index in [1.807, 2.05) is 4.90 Å². The lowest BCUT2D eigenvalue weighted by Gasteiger charge is -2.32. The number of nitrogens with zero attached hydrogens (tertiary/aromatic N) is 2. The van der Waals surface area contributed by atoms with Crippen LogP contribution in [0.4, 0.5) is 4.79 Å². The molecule has 22 heavy (non-hydrogen) atoms. The third-order valence-electron chi connectivity index (χ3n) is 3.94. The van der Waals surface area contributed by atoms with Crippen molar-refractivity contribution in [2.75, 3.05) is 26.2 Å². The highest BCUT2D eigenvalue weighted by Gasteiger charge is 2.43. The number of piperazine rings is 1. The molecule has 0 spiro atoms. The van der Waals surface area contributed by atoms with Gasteiger partial charge in [0, 0.05) is 38.6 Å². The highest BCUT2D eigenvalue weighted by Crippen LogP contribution is 2.17. The van der Waals surface area contributed by atoms with Crippen LogP contribution in [-0.4, -0.2) is 65.4 Å². The summed E-state index contributed by atoms with van der Waals surface area (Å²) in [4.78, 5) is 38.9. The molecule has 2 fully saturated rings. The summed E-state index contributed by atoms with van der Waals surface area (Å²) in [6.07, 6.45) is 0.872. The minimum Gasteiger partial charge on any atom is -0.340 e. The van der Waals surface area contributed by atoms with E-state index in [2.05, 4.69) is 17.6 Å². The second kappa shape index (κ2) is 7.28. The third kappa shape index (κ3) is 4.10. The molecule has 1 unspecified atom stereocenters. The Morgan fingerprint density at radius 2 is 2.05 bits per heavy atom. The Kier molecular flexibility index (Phi) is 6.19. The fourth-order valence-corrected chi connectivity index (χ4v) is 2.73. The molecule has 8 heteroatoms. The molecule has 7 nitrogen and oxygen atoms in total. The summed E-state index contributed by atoms with van der Waals surface area (Å²) < 4.78 is 0. The topological polar surface area (TPSA) is 81.8 Å². The van der Waals surface area contributed by atoms with Gasteiger partial charge in [0.1, 0.15) is 5.54 Å². The molecule has 2 heterocycles. The molecule has 2 rings (SSSR count). The molecule has 126 valence electrons. The van der Waals surface area contributed by atoms with E-state index in [1.54, 1.807) is 13.8 Å². The predicted octanol–water partition coefficient (Wildman–Crippen LogP) is 0.339. The van der Waals surface area contributed by atoms with Crippen LogP contribution in [-0.2, 0) is 9.59 Å². The van der Waals surface area contributed by atoms with Crippen LogP contribution in [0.25, 0.3) is 0 Å². The highest BCUT2D eigenvalue weighted by molar-refractivity contribution is 6.06. The summed E-state index contributed by atoms with van der Waals surface area (Å²) in [5.74, 6) is -0.134. The Labute approximate surface area is 137 Å². The average Bonchev–Trinajstić information content (AvgIpc) is 2.60. The maximum absolute atomic E-state index is 12.1. The molecule has 2 saturated heterocycles. The highest BCUT2D eigenvalue weighted by atomic mass is 35.5. The van der Waals surface area contributed by atoms with Crippen LogP contribution in [0, 0.1) is 0 Å². The first kappa shape index (κ1) is 18.7. The van der Waals surface area contributed by atoms with Gasteiger partial charge < -0.3 is 15.5 Å². The molecular formula is C14H25ClN4O3. The normalized spacial score (nSPS) is 24.0. The molecule has 1 atom stereocenters. The predicted molar refractivity (Wildman–Crippen MR) is 84.9 cm³/mol. The minimum absolute atomic E-state index is 0. The lowest BCUT2D eigenvalue weighted by atomic mass is 10.1. The Morgan fingerprint density at radius 3 is 2.59 bits per heavy atom. The number of hydrogen-bond acceptors (Lipinski definition) is 4. The van der Waals surface area contributed by atoms with Gasteiger partial charge in [0.05, 0.1) is 0 Å². The van der Waals surface area contributed by atoms with Gasteiger partial charge in [-0.2, -0.15) is 0 Å². The first-order chi connectivity index (χ1) is 9.81. The van der Waals surface area contributed by atoms with Crippen molar-refractivity contribution in [3.8, 4) is 0 Å². The van der Waals surface area contributed by atoms with E-state index in [0.29, 0.717) is 25.4 Å². The van der Waals surface area contributed by atoms with E-state index >= 15 is 0 Å². The molecule has 0 bridgehead atoms. The SMILES string of the molecule is CC1CN(C(=O)CCCN2C(=O)NC(C)(C)C2=O)CCN1.Cl. The number of carbonyl (C=O) groups excluding carboxylic acids is 3. The monoisotopic (exact) mass is 332 g/mol. The van der Waals surface area contributed by atoms with Gasteiger partial charge in [-0.05, 0) is 27.2 Å². The van der Waals surface area contributed by atoms with Crippen molar-refractivity contribution in [3.05, 3.63) is 0 Å². The molecule has 2 N–H and O–H groups in total. The second-order valence-electron chi connectivity index (χ2n) is 6.31. The number of carbonyl (C=O) groups is 3. The Balaban J connectivity index is 0.00000242. The first-order valence-corrected chi connectivity index (χ1v) is 7.46. The molecule has 0 aromatic rings. The van der Waals surface area contributed by atoms with Gasteiger partial charge >= 0.3 is 6.03 Å². The maximum atomic E-state index is 12.1. The van der Waals surface area contributed by atoms with Crippen LogP contribution in [0.15, 0.2) is 0 Å². The van der Waals surface area contributed by atoms with Crippen molar-refractivity contribution >= 4 is 30.3 Å². The number of imide groups is 1. The summed E-state index contributed by atoms with van der Waals surface area (Å²) in [5.41, 5.74) is -0.838. The number of nitrogens with one attached hydrogen (secondary N) is 2. The van der Waals surface area contributed by atoms with Crippen molar-refractivity contribution in [2.24, 2.45) is 0 Å². The van der Waals surface area contributed by atoms with Crippen molar-refractivity contribution < 1.29 is 14.4 Å². The van der Waals surface area contributed by atoms with Gasteiger partial charge in [-0.15, -0.1) is 12.4 Å². The van der Waals surface area contributed by atoms with Crippen LogP contribution in [0.3, 0.4) is 0 Å². The first-order valence-electron chi connectivity index (χ1n) is 7.46. The molecular weight excluding hydrogens is 308 g/mol. The molecule has 4 amide bonds. The smallest absolute Gasteiger partial charge is 0.325 e. The molecule has 0 aromatic heterocycles. The van der Waals surface area contributed by atoms with Crippen molar-refractivity contribution in [3.63, 3.8) is 0 Å². The third-order valence-corrected chi connectivity index (χ3v) is 3.94. The number of halogens is 1. The number of urea groups is 1. The standard InChI is InChI=1S/C14H24N4O3.ClH/c1-10-9-17(8-6-15-10)11(19)5-4-7-18-12(20)14(2,3)16-13(18)21;/h10,15H,4-9H2,1-3H3,(H,16,21);1H. The van der Waals surface area contributed by atoms with Crippen LogP contribution in [0.1, 0.15) is 33.6 Å². The summed E-state index contributed by atoms with van der Waals surface area (Å²) >= 11 is 0. The van der Waals surface area contributed by atoms with Crippen molar-refractivity contribution in [1.29, 1.82) is 0 Å². The fourth-order valence-electron chi connectivity index (χ4n) is 2.73. The molecule has 0 aromatic carbocycles. The molecule has 2 aliphatic heterocycles. The fraction of sp³-hybridized carbons (Fsp3) is 0.786. The van der Waals surface area contributed by atoms with Crippen LogP contribution >= 0.6 is 12.4 Å². The lowest BCUT2D eigenvalue weighted by molar-refractivity contribution is -0.133. The zero-order valence-corrected chi connectivity index (χ0v) is 14.2. The van der Waals surface area contributed by atoms with Crippen LogP contribution < -0.4 is 10.6 Å². The zero-order valence-electron chi connectivity index (χ0n) is 13.3. The van der Waals surface area contributed by atoms with E-state index in [4.69, 9.17) is 0 Å². The Hall–Kier alpha value is -1.34. The van der Waals surface area contributed by atoms with Gasteiger partial charge in [-0.3, -0.25) is 14.5 Å². The Bertz CT molecular complexity index is 455. The van der Waals surface area contributed by atoms with Gasteiger partial charge in [-0.25, -0.2) is 4.79 Å². The molecule has 0 aliphatic carbocycles. The average molecular weight is 333 g/mol. The lowest BCUT2D eigenvalue weighted by Crippen LogP contribution is -2.51. The largest absolute Gasteiger partial charge is 0.340 e. The summed E-state index contributed by atoms with van der Waals surface area (Å²) in [7, 11) is 0. The summed E-state index contributed by atoms with van der Waals surface area (Å²) in [6.45, 7) is 7.96. The zero-order chi connectivity index (χ0) is 15.6. The second-order valence-corrected chi connectivity index (χ2v) is 6.31. The number of rotatable bonds is 4. The van der Waals surface area contributed by atoms with Crippen molar-refractivity contribution in [1.82, 2.24) is 20.4 Å². The van der Waals surface area contributed by atoms with E-state index < -0.39 is 5.54 Å². The molecule has 2 aliphatic rings. The van der Waals surface area contributed by atoms with E-state index in [9.17, 15) is 14.4 Å².